The number of thiocarbonyl (C=S) groups is 1. The van der Waals surface area contributed by atoms with Crippen LogP contribution in [0.15, 0.2) is 48.5 Å². The van der Waals surface area contributed by atoms with E-state index in [0.29, 0.717) is 5.56 Å². The quantitative estimate of drug-likeness (QED) is 0.315. The number of nitrogens with zero attached hydrogens (tertiary/aromatic N) is 4. The molecule has 4 aromatic rings. The van der Waals surface area contributed by atoms with E-state index in [9.17, 15) is 4.79 Å². The summed E-state index contributed by atoms with van der Waals surface area (Å²) in [5.41, 5.74) is 2.30. The fourth-order valence-electron chi connectivity index (χ4n) is 2.49. The van der Waals surface area contributed by atoms with Crippen molar-refractivity contribution in [2.45, 2.75) is 6.92 Å². The first kappa shape index (κ1) is 18.9. The fraction of sp³-hybridized carbons (Fsp3) is 0.0556. The summed E-state index contributed by atoms with van der Waals surface area (Å²) in [4.78, 5) is 13.0. The lowest BCUT2D eigenvalue weighted by atomic mass is 10.2. The number of aromatic nitrogens is 4. The van der Waals surface area contributed by atoms with Gasteiger partial charge in [-0.15, -0.1) is 10.2 Å². The number of carbonyl (C=O) groups is 1. The normalized spacial score (nSPS) is 10.8. The molecule has 0 fully saturated rings. The van der Waals surface area contributed by atoms with Gasteiger partial charge in [-0.25, -0.2) is 0 Å². The van der Waals surface area contributed by atoms with Crippen LogP contribution >= 0.6 is 46.1 Å². The third kappa shape index (κ3) is 4.03. The average Bonchev–Trinajstić information content (AvgIpc) is 3.24. The Kier molecular flexibility index (Phi) is 5.33. The van der Waals surface area contributed by atoms with Crippen LogP contribution in [-0.4, -0.2) is 30.8 Å². The van der Waals surface area contributed by atoms with Crippen molar-refractivity contribution in [1.82, 2.24) is 25.1 Å². The molecule has 0 aliphatic carbocycles. The number of halogens is 1. The van der Waals surface area contributed by atoms with Crippen molar-refractivity contribution in [2.75, 3.05) is 5.32 Å². The summed E-state index contributed by atoms with van der Waals surface area (Å²) in [6.45, 7) is 1.86. The summed E-state index contributed by atoms with van der Waals surface area (Å²) < 4.78 is 2.71. The molecule has 0 aliphatic rings. The van der Waals surface area contributed by atoms with Crippen LogP contribution in [0.2, 0.25) is 0 Å². The smallest absolute Gasteiger partial charge is 0.257 e. The van der Waals surface area contributed by atoms with Crippen LogP contribution in [-0.2, 0) is 0 Å². The molecule has 140 valence electrons. The summed E-state index contributed by atoms with van der Waals surface area (Å²) in [6, 6.07) is 14.9. The Morgan fingerprint density at radius 2 is 1.96 bits per heavy atom. The van der Waals surface area contributed by atoms with Gasteiger partial charge in [0, 0.05) is 20.4 Å². The zero-order valence-electron chi connectivity index (χ0n) is 14.5. The zero-order chi connectivity index (χ0) is 19.7. The molecule has 1 amide bonds. The molecule has 2 N–H and O–H groups in total. The molecule has 2 heterocycles. The molecule has 10 heteroatoms. The van der Waals surface area contributed by atoms with E-state index >= 15 is 0 Å². The molecule has 0 saturated carbocycles. The third-order valence-electron chi connectivity index (χ3n) is 3.85. The number of nitrogens with one attached hydrogen (secondary N) is 2. The SMILES string of the molecule is Cc1nnc2sc(-c3ccc(NC(=S)NC(=O)c4cccc(I)c4)cc3)nn12. The van der Waals surface area contributed by atoms with Crippen molar-refractivity contribution in [3.63, 3.8) is 0 Å². The molecule has 2 aromatic heterocycles. The highest BCUT2D eigenvalue weighted by atomic mass is 127. The molecule has 0 spiro atoms. The lowest BCUT2D eigenvalue weighted by molar-refractivity contribution is 0.0977. The van der Waals surface area contributed by atoms with E-state index in [2.05, 4.69) is 48.5 Å². The number of hydrogen-bond acceptors (Lipinski definition) is 6. The summed E-state index contributed by atoms with van der Waals surface area (Å²) in [5.74, 6) is 0.507. The van der Waals surface area contributed by atoms with Gasteiger partial charge in [0.1, 0.15) is 5.01 Å². The largest absolute Gasteiger partial charge is 0.332 e. The van der Waals surface area contributed by atoms with E-state index in [-0.39, 0.29) is 11.0 Å². The number of carbonyl (C=O) groups excluding carboxylic acids is 1. The predicted octanol–water partition coefficient (Wildman–Crippen LogP) is 3.89. The minimum atomic E-state index is -0.247. The number of benzene rings is 2. The summed E-state index contributed by atoms with van der Waals surface area (Å²) in [6.07, 6.45) is 0. The third-order valence-corrected chi connectivity index (χ3v) is 5.67. The summed E-state index contributed by atoms with van der Waals surface area (Å²) in [5, 5.41) is 19.4. The minimum Gasteiger partial charge on any atom is -0.332 e. The van der Waals surface area contributed by atoms with Gasteiger partial charge in [-0.05, 0) is 84.2 Å². The standard InChI is InChI=1S/C18H13IN6OS2/c1-10-22-23-18-25(10)24-16(28-18)11-5-7-14(8-6-11)20-17(27)21-15(26)12-3-2-4-13(19)9-12/h2-9H,1H3,(H2,20,21,26,27). The van der Waals surface area contributed by atoms with Gasteiger partial charge in [0.05, 0.1) is 0 Å². The Morgan fingerprint density at radius 1 is 1.18 bits per heavy atom. The molecular weight excluding hydrogens is 507 g/mol. The fourth-order valence-corrected chi connectivity index (χ4v) is 4.14. The van der Waals surface area contributed by atoms with Crippen LogP contribution in [0.1, 0.15) is 16.2 Å². The predicted molar refractivity (Wildman–Crippen MR) is 122 cm³/mol. The summed E-state index contributed by atoms with van der Waals surface area (Å²) >= 11 is 8.88. The molecular formula is C18H13IN6OS2. The molecule has 0 aliphatic heterocycles. The van der Waals surface area contributed by atoms with Gasteiger partial charge in [-0.3, -0.25) is 10.1 Å². The van der Waals surface area contributed by atoms with Crippen LogP contribution in [0.3, 0.4) is 0 Å². The van der Waals surface area contributed by atoms with E-state index in [4.69, 9.17) is 12.2 Å². The number of aryl methyl sites for hydroxylation is 1. The maximum absolute atomic E-state index is 12.3. The molecule has 2 aromatic carbocycles. The Bertz CT molecular complexity index is 1180. The molecule has 4 rings (SSSR count). The monoisotopic (exact) mass is 520 g/mol. The van der Waals surface area contributed by atoms with E-state index < -0.39 is 0 Å². The van der Waals surface area contributed by atoms with Gasteiger partial charge < -0.3 is 5.32 Å². The van der Waals surface area contributed by atoms with Gasteiger partial charge in [-0.1, -0.05) is 17.4 Å². The Balaban J connectivity index is 1.42. The minimum absolute atomic E-state index is 0.242. The van der Waals surface area contributed by atoms with Crippen molar-refractivity contribution in [3.8, 4) is 10.6 Å². The summed E-state index contributed by atoms with van der Waals surface area (Å²) in [7, 11) is 0. The van der Waals surface area contributed by atoms with Crippen LogP contribution in [0.4, 0.5) is 5.69 Å². The van der Waals surface area contributed by atoms with E-state index in [1.54, 1.807) is 16.6 Å². The van der Waals surface area contributed by atoms with Crippen LogP contribution < -0.4 is 10.6 Å². The van der Waals surface area contributed by atoms with Gasteiger partial charge in [0.2, 0.25) is 4.96 Å². The second-order valence-corrected chi connectivity index (χ2v) is 8.45. The second kappa shape index (κ2) is 7.89. The first-order valence-electron chi connectivity index (χ1n) is 8.17. The zero-order valence-corrected chi connectivity index (χ0v) is 18.3. The van der Waals surface area contributed by atoms with Crippen LogP contribution in [0.25, 0.3) is 15.5 Å². The number of fused-ring (bicyclic) bond motifs is 1. The van der Waals surface area contributed by atoms with Crippen molar-refractivity contribution in [3.05, 3.63) is 63.5 Å². The Morgan fingerprint density at radius 3 is 2.68 bits per heavy atom. The Labute approximate surface area is 183 Å². The maximum Gasteiger partial charge on any atom is 0.257 e. The molecule has 7 nitrogen and oxygen atoms in total. The molecule has 0 bridgehead atoms. The number of hydrogen-bond donors (Lipinski definition) is 2. The first-order chi connectivity index (χ1) is 13.5. The average molecular weight is 520 g/mol. The van der Waals surface area contributed by atoms with Crippen molar-refractivity contribution >= 4 is 67.8 Å². The van der Waals surface area contributed by atoms with E-state index in [1.807, 2.05) is 43.3 Å². The van der Waals surface area contributed by atoms with Crippen molar-refractivity contribution in [2.24, 2.45) is 0 Å². The second-order valence-electron chi connectivity index (χ2n) is 5.84. The highest BCUT2D eigenvalue weighted by Crippen LogP contribution is 2.26. The van der Waals surface area contributed by atoms with Crippen LogP contribution in [0.5, 0.6) is 0 Å². The number of anilines is 1. The Hall–Kier alpha value is -2.44. The lowest BCUT2D eigenvalue weighted by Gasteiger charge is -2.10. The molecule has 0 saturated heterocycles. The maximum atomic E-state index is 12.3. The lowest BCUT2D eigenvalue weighted by Crippen LogP contribution is -2.34. The first-order valence-corrected chi connectivity index (χ1v) is 10.5. The molecule has 0 atom stereocenters. The topological polar surface area (TPSA) is 84.2 Å². The van der Waals surface area contributed by atoms with Gasteiger partial charge in [0.25, 0.3) is 5.91 Å². The molecule has 28 heavy (non-hydrogen) atoms. The van der Waals surface area contributed by atoms with Gasteiger partial charge in [-0.2, -0.15) is 9.61 Å². The van der Waals surface area contributed by atoms with E-state index in [0.717, 1.165) is 30.6 Å². The highest BCUT2D eigenvalue weighted by molar-refractivity contribution is 14.1. The van der Waals surface area contributed by atoms with Gasteiger partial charge >= 0.3 is 0 Å². The van der Waals surface area contributed by atoms with Gasteiger partial charge in [0.15, 0.2) is 10.9 Å². The van der Waals surface area contributed by atoms with E-state index in [1.165, 1.54) is 11.3 Å². The van der Waals surface area contributed by atoms with Crippen LogP contribution in [0, 0.1) is 10.5 Å². The van der Waals surface area contributed by atoms with Crippen molar-refractivity contribution < 1.29 is 4.79 Å². The molecule has 0 unspecified atom stereocenters. The van der Waals surface area contributed by atoms with Crippen molar-refractivity contribution in [1.29, 1.82) is 0 Å². The molecule has 0 radical (unpaired) electrons. The number of rotatable bonds is 3. The highest BCUT2D eigenvalue weighted by Gasteiger charge is 2.11. The number of amides is 1.